The van der Waals surface area contributed by atoms with E-state index < -0.39 is 18.1 Å². The van der Waals surface area contributed by atoms with Crippen LogP contribution in [0.15, 0.2) is 53.4 Å². The summed E-state index contributed by atoms with van der Waals surface area (Å²) in [5, 5.41) is 9.31. The van der Waals surface area contributed by atoms with Gasteiger partial charge in [0.05, 0.1) is 12.6 Å². The van der Waals surface area contributed by atoms with Crippen LogP contribution in [0.5, 0.6) is 0 Å². The van der Waals surface area contributed by atoms with E-state index in [1.807, 2.05) is 6.07 Å². The lowest BCUT2D eigenvalue weighted by atomic mass is 10.0. The summed E-state index contributed by atoms with van der Waals surface area (Å²) in [6, 6.07) is 8.21. The quantitative estimate of drug-likeness (QED) is 0.650. The molecule has 0 aliphatic carbocycles. The van der Waals surface area contributed by atoms with Crippen molar-refractivity contribution in [2.24, 2.45) is 0 Å². The molecule has 0 aromatic carbocycles. The van der Waals surface area contributed by atoms with Crippen LogP contribution in [-0.4, -0.2) is 44.6 Å². The topological polar surface area (TPSA) is 132 Å². The summed E-state index contributed by atoms with van der Waals surface area (Å²) in [5.74, 6) is -0.146. The van der Waals surface area contributed by atoms with E-state index in [-0.39, 0.29) is 24.9 Å². The molecule has 10 nitrogen and oxygen atoms in total. The molecule has 3 aromatic rings. The molecular formula is C18H16N6O4. The van der Waals surface area contributed by atoms with Gasteiger partial charge in [0.1, 0.15) is 12.3 Å². The Morgan fingerprint density at radius 1 is 1.25 bits per heavy atom. The van der Waals surface area contributed by atoms with E-state index in [1.165, 1.54) is 0 Å². The van der Waals surface area contributed by atoms with Crippen LogP contribution >= 0.6 is 0 Å². The number of pyridine rings is 2. The average molecular weight is 380 g/mol. The molecule has 1 saturated heterocycles. The zero-order chi connectivity index (χ0) is 19.3. The van der Waals surface area contributed by atoms with Crippen LogP contribution in [0.25, 0.3) is 11.5 Å². The van der Waals surface area contributed by atoms with Crippen LogP contribution in [0, 0.1) is 0 Å². The van der Waals surface area contributed by atoms with Crippen molar-refractivity contribution in [2.75, 3.05) is 6.61 Å². The SMILES string of the molecule is O=C1CO[C@H](C(=O)NCc2nc(-c3ccccn3)no2)[C@@H](c2cccnc2)N1. The Hall–Kier alpha value is -3.66. The first-order valence-electron chi connectivity index (χ1n) is 8.53. The van der Waals surface area contributed by atoms with Crippen molar-refractivity contribution in [3.8, 4) is 11.5 Å². The number of amides is 2. The van der Waals surface area contributed by atoms with Crippen molar-refractivity contribution in [3.63, 3.8) is 0 Å². The molecule has 2 amide bonds. The van der Waals surface area contributed by atoms with Crippen molar-refractivity contribution < 1.29 is 18.8 Å². The van der Waals surface area contributed by atoms with Crippen LogP contribution in [0.4, 0.5) is 0 Å². The number of nitrogens with one attached hydrogen (secondary N) is 2. The molecule has 0 radical (unpaired) electrons. The lowest BCUT2D eigenvalue weighted by molar-refractivity contribution is -0.148. The van der Waals surface area contributed by atoms with Crippen molar-refractivity contribution >= 4 is 11.8 Å². The van der Waals surface area contributed by atoms with Gasteiger partial charge in [0.15, 0.2) is 6.10 Å². The maximum Gasteiger partial charge on any atom is 0.252 e. The Morgan fingerprint density at radius 2 is 2.18 bits per heavy atom. The lowest BCUT2D eigenvalue weighted by Gasteiger charge is -2.31. The molecule has 10 heteroatoms. The summed E-state index contributed by atoms with van der Waals surface area (Å²) in [6.07, 6.45) is 3.91. The highest BCUT2D eigenvalue weighted by Crippen LogP contribution is 2.22. The first kappa shape index (κ1) is 17.7. The van der Waals surface area contributed by atoms with E-state index in [4.69, 9.17) is 9.26 Å². The molecule has 0 spiro atoms. The van der Waals surface area contributed by atoms with Crippen molar-refractivity contribution in [3.05, 3.63) is 60.4 Å². The Balaban J connectivity index is 1.43. The fourth-order valence-corrected chi connectivity index (χ4v) is 2.79. The van der Waals surface area contributed by atoms with Crippen molar-refractivity contribution in [2.45, 2.75) is 18.7 Å². The number of ether oxygens (including phenoxy) is 1. The van der Waals surface area contributed by atoms with Crippen molar-refractivity contribution in [1.82, 2.24) is 30.7 Å². The highest BCUT2D eigenvalue weighted by molar-refractivity contribution is 5.86. The molecule has 28 heavy (non-hydrogen) atoms. The van der Waals surface area contributed by atoms with Crippen LogP contribution in [0.3, 0.4) is 0 Å². The number of rotatable bonds is 5. The van der Waals surface area contributed by atoms with Crippen LogP contribution < -0.4 is 10.6 Å². The van der Waals surface area contributed by atoms with Gasteiger partial charge in [-0.25, -0.2) is 0 Å². The fraction of sp³-hybridized carbons (Fsp3) is 0.222. The minimum absolute atomic E-state index is 0.0201. The monoisotopic (exact) mass is 380 g/mol. The summed E-state index contributed by atoms with van der Waals surface area (Å²) in [5.41, 5.74) is 1.24. The Morgan fingerprint density at radius 3 is 2.96 bits per heavy atom. The van der Waals surface area contributed by atoms with E-state index in [2.05, 4.69) is 30.7 Å². The maximum atomic E-state index is 12.6. The Labute approximate surface area is 159 Å². The molecule has 0 unspecified atom stereocenters. The van der Waals surface area contributed by atoms with E-state index in [0.29, 0.717) is 17.1 Å². The molecule has 1 aliphatic heterocycles. The van der Waals surface area contributed by atoms with Gasteiger partial charge < -0.3 is 19.9 Å². The van der Waals surface area contributed by atoms with Gasteiger partial charge >= 0.3 is 0 Å². The van der Waals surface area contributed by atoms with E-state index >= 15 is 0 Å². The van der Waals surface area contributed by atoms with Gasteiger partial charge in [-0.15, -0.1) is 0 Å². The van der Waals surface area contributed by atoms with Crippen molar-refractivity contribution in [1.29, 1.82) is 0 Å². The van der Waals surface area contributed by atoms with Gasteiger partial charge in [0, 0.05) is 18.6 Å². The Kier molecular flexibility index (Phi) is 5.02. The van der Waals surface area contributed by atoms with Gasteiger partial charge in [0.25, 0.3) is 5.91 Å². The molecule has 3 aromatic heterocycles. The minimum Gasteiger partial charge on any atom is -0.356 e. The summed E-state index contributed by atoms with van der Waals surface area (Å²) in [4.78, 5) is 36.7. The van der Waals surface area contributed by atoms with Crippen LogP contribution in [0.1, 0.15) is 17.5 Å². The predicted octanol–water partition coefficient (Wildman–Crippen LogP) is 0.399. The smallest absolute Gasteiger partial charge is 0.252 e. The first-order chi connectivity index (χ1) is 13.7. The lowest BCUT2D eigenvalue weighted by Crippen LogP contribution is -2.52. The van der Waals surface area contributed by atoms with E-state index in [1.54, 1.807) is 42.9 Å². The third-order valence-electron chi connectivity index (χ3n) is 4.09. The van der Waals surface area contributed by atoms with Gasteiger partial charge in [-0.3, -0.25) is 19.6 Å². The second kappa shape index (κ2) is 7.92. The highest BCUT2D eigenvalue weighted by atomic mass is 16.5. The van der Waals surface area contributed by atoms with E-state index in [0.717, 1.165) is 0 Å². The number of carbonyl (C=O) groups is 2. The number of hydrogen-bond donors (Lipinski definition) is 2. The average Bonchev–Trinajstić information content (AvgIpc) is 3.22. The highest BCUT2D eigenvalue weighted by Gasteiger charge is 2.36. The largest absolute Gasteiger partial charge is 0.356 e. The number of morpholine rings is 1. The number of hydrogen-bond acceptors (Lipinski definition) is 8. The zero-order valence-electron chi connectivity index (χ0n) is 14.6. The normalized spacial score (nSPS) is 19.1. The molecule has 1 aliphatic rings. The first-order valence-corrected chi connectivity index (χ1v) is 8.53. The van der Waals surface area contributed by atoms with Crippen LogP contribution in [0.2, 0.25) is 0 Å². The molecule has 2 N–H and O–H groups in total. The predicted molar refractivity (Wildman–Crippen MR) is 94.2 cm³/mol. The number of carbonyl (C=O) groups excluding carboxylic acids is 2. The molecule has 4 heterocycles. The summed E-state index contributed by atoms with van der Waals surface area (Å²) in [6.45, 7) is -0.175. The van der Waals surface area contributed by atoms with Gasteiger partial charge in [-0.1, -0.05) is 17.3 Å². The second-order valence-corrected chi connectivity index (χ2v) is 6.01. The molecule has 1 fully saturated rings. The third kappa shape index (κ3) is 3.86. The van der Waals surface area contributed by atoms with Gasteiger partial charge in [0.2, 0.25) is 17.6 Å². The van der Waals surface area contributed by atoms with Gasteiger partial charge in [-0.2, -0.15) is 4.98 Å². The number of nitrogens with zero attached hydrogens (tertiary/aromatic N) is 4. The Bertz CT molecular complexity index is 962. The molecule has 0 bridgehead atoms. The second-order valence-electron chi connectivity index (χ2n) is 6.01. The van der Waals surface area contributed by atoms with Crippen LogP contribution in [-0.2, 0) is 20.9 Å². The standard InChI is InChI=1S/C18H16N6O4/c25-13-10-27-16(15(22-13)11-4-3-6-19-8-11)18(26)21-9-14-23-17(24-28-14)12-5-1-2-7-20-12/h1-8,15-16H,9-10H2,(H,21,26)(H,22,25)/t15-,16+/m1/s1. The molecule has 0 saturated carbocycles. The summed E-state index contributed by atoms with van der Waals surface area (Å²) in [7, 11) is 0. The number of aromatic nitrogens is 4. The van der Waals surface area contributed by atoms with Gasteiger partial charge in [-0.05, 0) is 23.8 Å². The fourth-order valence-electron chi connectivity index (χ4n) is 2.79. The molecule has 142 valence electrons. The molecular weight excluding hydrogens is 364 g/mol. The summed E-state index contributed by atoms with van der Waals surface area (Å²) >= 11 is 0. The third-order valence-corrected chi connectivity index (χ3v) is 4.09. The molecule has 4 rings (SSSR count). The minimum atomic E-state index is -0.903. The zero-order valence-corrected chi connectivity index (χ0v) is 14.6. The maximum absolute atomic E-state index is 12.6. The molecule has 2 atom stereocenters. The van der Waals surface area contributed by atoms with E-state index in [9.17, 15) is 9.59 Å². The summed E-state index contributed by atoms with van der Waals surface area (Å²) < 4.78 is 10.6.